The Morgan fingerprint density at radius 2 is 0.979 bits per heavy atom. The number of carbonyl (C=O) groups is 2. The molecule has 0 aliphatic rings. The molecule has 0 aliphatic heterocycles. The number of hydrogen-bond donors (Lipinski definition) is 4. The highest BCUT2D eigenvalue weighted by Gasteiger charge is 2.25. The number of anilines is 2. The van der Waals surface area contributed by atoms with Crippen molar-refractivity contribution in [2.45, 2.75) is 9.79 Å². The normalized spacial score (nSPS) is 11.7. The Kier molecular flexibility index (Phi) is 9.02. The number of ether oxygens (including phenoxy) is 4. The second kappa shape index (κ2) is 12.7. The number of hydrogen-bond acceptors (Lipinski definition) is 11. The van der Waals surface area contributed by atoms with Crippen LogP contribution in [0.2, 0.25) is 0 Å². The van der Waals surface area contributed by atoms with Crippen LogP contribution in [0.1, 0.15) is 20.7 Å². The van der Waals surface area contributed by atoms with Gasteiger partial charge in [-0.1, -0.05) is 0 Å². The van der Waals surface area contributed by atoms with Gasteiger partial charge in [-0.2, -0.15) is 16.8 Å². The van der Waals surface area contributed by atoms with Gasteiger partial charge < -0.3 is 29.6 Å². The number of rotatable bonds is 10. The molecule has 0 saturated heterocycles. The fourth-order valence-electron chi connectivity index (χ4n) is 4.80. The smallest absolute Gasteiger partial charge is 0.296 e. The van der Waals surface area contributed by atoms with Crippen molar-refractivity contribution in [2.24, 2.45) is 0 Å². The molecule has 0 aliphatic carbocycles. The number of methoxy groups -OCH3 is 4. The summed E-state index contributed by atoms with van der Waals surface area (Å²) in [6, 6.07) is 13.5. The summed E-state index contributed by atoms with van der Waals surface area (Å²) < 4.78 is 91.6. The van der Waals surface area contributed by atoms with Gasteiger partial charge in [0.05, 0.1) is 50.9 Å². The predicted octanol–water partition coefficient (Wildman–Crippen LogP) is 5.09. The molecule has 14 nitrogen and oxygen atoms in total. The van der Waals surface area contributed by atoms with Crippen molar-refractivity contribution >= 4 is 74.9 Å². The highest BCUT2D eigenvalue weighted by Crippen LogP contribution is 2.42. The molecule has 2 amide bonds. The Morgan fingerprint density at radius 3 is 1.30 bits per heavy atom. The first-order valence-corrected chi connectivity index (χ1v) is 16.9. The molecule has 0 radical (unpaired) electrons. The van der Waals surface area contributed by atoms with Crippen LogP contribution in [0.15, 0.2) is 70.5 Å². The average Bonchev–Trinajstić information content (AvgIpc) is 3.38. The van der Waals surface area contributed by atoms with Gasteiger partial charge in [-0.3, -0.25) is 18.7 Å². The first-order chi connectivity index (χ1) is 22.2. The number of carbonyl (C=O) groups excluding carboxylic acids is 2. The van der Waals surface area contributed by atoms with Crippen molar-refractivity contribution in [3.63, 3.8) is 0 Å². The fraction of sp³-hybridized carbons (Fsp3) is 0.133. The fourth-order valence-corrected chi connectivity index (χ4v) is 7.26. The number of nitrogens with one attached hydrogen (secondary N) is 2. The first-order valence-electron chi connectivity index (χ1n) is 13.2. The van der Waals surface area contributed by atoms with E-state index in [0.29, 0.717) is 20.9 Å². The number of fused-ring (bicyclic) bond motifs is 3. The van der Waals surface area contributed by atoms with Crippen LogP contribution < -0.4 is 29.6 Å². The third kappa shape index (κ3) is 6.65. The van der Waals surface area contributed by atoms with Crippen LogP contribution in [0.4, 0.5) is 11.4 Å². The van der Waals surface area contributed by atoms with Gasteiger partial charge in [-0.25, -0.2) is 0 Å². The zero-order valence-electron chi connectivity index (χ0n) is 25.0. The maximum atomic E-state index is 13.2. The molecule has 4 aromatic carbocycles. The Labute approximate surface area is 272 Å². The topological polar surface area (TPSA) is 204 Å². The van der Waals surface area contributed by atoms with E-state index in [9.17, 15) is 35.5 Å². The molecule has 4 N–H and O–H groups in total. The van der Waals surface area contributed by atoms with Crippen molar-refractivity contribution in [1.82, 2.24) is 0 Å². The zero-order valence-corrected chi connectivity index (χ0v) is 27.4. The predicted molar refractivity (Wildman–Crippen MR) is 174 cm³/mol. The minimum absolute atomic E-state index is 0.0395. The maximum Gasteiger partial charge on any atom is 0.296 e. The third-order valence-electron chi connectivity index (χ3n) is 7.03. The van der Waals surface area contributed by atoms with E-state index in [1.54, 1.807) is 0 Å². The quantitative estimate of drug-likeness (QED) is 0.141. The second-order valence-electron chi connectivity index (χ2n) is 9.78. The summed E-state index contributed by atoms with van der Waals surface area (Å²) in [7, 11) is -4.34. The van der Waals surface area contributed by atoms with E-state index in [0.717, 1.165) is 23.5 Å². The molecule has 0 fully saturated rings. The van der Waals surface area contributed by atoms with Gasteiger partial charge in [0.2, 0.25) is 0 Å². The van der Waals surface area contributed by atoms with E-state index in [-0.39, 0.29) is 44.8 Å². The van der Waals surface area contributed by atoms with Gasteiger partial charge in [0.1, 0.15) is 32.8 Å². The van der Waals surface area contributed by atoms with Crippen molar-refractivity contribution in [3.05, 3.63) is 71.8 Å². The van der Waals surface area contributed by atoms with Crippen molar-refractivity contribution in [1.29, 1.82) is 0 Å². The van der Waals surface area contributed by atoms with E-state index in [1.165, 1.54) is 77.0 Å². The van der Waals surface area contributed by atoms with Gasteiger partial charge in [0, 0.05) is 32.3 Å². The summed E-state index contributed by atoms with van der Waals surface area (Å²) in [5.41, 5.74) is -0.468. The Bertz CT molecular complexity index is 2140. The monoisotopic (exact) mass is 702 g/mol. The lowest BCUT2D eigenvalue weighted by molar-refractivity contribution is 0.101. The maximum absolute atomic E-state index is 13.2. The van der Waals surface area contributed by atoms with Crippen molar-refractivity contribution in [3.8, 4) is 23.0 Å². The van der Waals surface area contributed by atoms with E-state index in [2.05, 4.69) is 10.6 Å². The van der Waals surface area contributed by atoms with Gasteiger partial charge in [-0.05, 0) is 48.5 Å². The summed E-state index contributed by atoms with van der Waals surface area (Å²) in [5.74, 6) is -0.432. The molecule has 0 spiro atoms. The second-order valence-corrected chi connectivity index (χ2v) is 13.6. The molecule has 0 bridgehead atoms. The largest absolute Gasteiger partial charge is 0.497 e. The Morgan fingerprint density at radius 1 is 0.596 bits per heavy atom. The SMILES string of the molecule is COc1ccc(C(=O)Nc2cc3sc4cc(NC(=O)c5ccc(OC)cc5OC)c(S(=O)(=O)O)cc4c3cc2S(=O)(=O)O)c(OC)c1. The van der Waals surface area contributed by atoms with Crippen LogP contribution >= 0.6 is 11.3 Å². The van der Waals surface area contributed by atoms with Crippen molar-refractivity contribution < 1.29 is 54.5 Å². The molecule has 0 atom stereocenters. The number of benzene rings is 4. The summed E-state index contributed by atoms with van der Waals surface area (Å²) in [5, 5.41) is 5.33. The lowest BCUT2D eigenvalue weighted by Gasteiger charge is -2.13. The highest BCUT2D eigenvalue weighted by atomic mass is 32.2. The first kappa shape index (κ1) is 33.4. The van der Waals surface area contributed by atoms with Gasteiger partial charge in [0.15, 0.2) is 0 Å². The standard InChI is InChI=1S/C30H26N2O12S3/c1-41-15-5-7-17(23(9-15)43-3)29(33)31-21-13-25-19(11-27(21)46(35,36)37)20-12-28(47(38,39)40)22(14-26(20)45-25)32-30(34)18-8-6-16(42-2)10-24(18)44-4/h5-14H,1-4H3,(H,31,33)(H,32,34)(H,35,36,37)(H,38,39,40). The van der Waals surface area contributed by atoms with Crippen LogP contribution in [0.3, 0.4) is 0 Å². The summed E-state index contributed by atoms with van der Waals surface area (Å²) >= 11 is 1.06. The molecule has 0 unspecified atom stereocenters. The average molecular weight is 703 g/mol. The molecule has 1 aromatic heterocycles. The lowest BCUT2D eigenvalue weighted by atomic mass is 10.1. The summed E-state index contributed by atoms with van der Waals surface area (Å²) in [6.07, 6.45) is 0. The number of amides is 2. The van der Waals surface area contributed by atoms with Gasteiger partial charge in [0.25, 0.3) is 32.1 Å². The molecule has 5 rings (SSSR count). The van der Waals surface area contributed by atoms with E-state index < -0.39 is 41.8 Å². The van der Waals surface area contributed by atoms with Crippen LogP contribution in [0.25, 0.3) is 20.2 Å². The molecule has 246 valence electrons. The molecular weight excluding hydrogens is 677 g/mol. The van der Waals surface area contributed by atoms with Crippen LogP contribution in [-0.2, 0) is 20.2 Å². The van der Waals surface area contributed by atoms with Crippen LogP contribution in [0, 0.1) is 0 Å². The highest BCUT2D eigenvalue weighted by molar-refractivity contribution is 7.86. The third-order valence-corrected chi connectivity index (χ3v) is 9.94. The molecular formula is C30H26N2O12S3. The molecule has 5 aromatic rings. The van der Waals surface area contributed by atoms with E-state index in [1.807, 2.05) is 0 Å². The molecule has 1 heterocycles. The zero-order chi connectivity index (χ0) is 34.3. The molecule has 17 heteroatoms. The van der Waals surface area contributed by atoms with Crippen LogP contribution in [-0.4, -0.2) is 66.2 Å². The lowest BCUT2D eigenvalue weighted by Crippen LogP contribution is -2.16. The van der Waals surface area contributed by atoms with Gasteiger partial charge >= 0.3 is 0 Å². The van der Waals surface area contributed by atoms with Crippen molar-refractivity contribution in [2.75, 3.05) is 39.1 Å². The van der Waals surface area contributed by atoms with Crippen LogP contribution in [0.5, 0.6) is 23.0 Å². The van der Waals surface area contributed by atoms with Gasteiger partial charge in [-0.15, -0.1) is 11.3 Å². The minimum Gasteiger partial charge on any atom is -0.497 e. The summed E-state index contributed by atoms with van der Waals surface area (Å²) in [6.45, 7) is 0. The summed E-state index contributed by atoms with van der Waals surface area (Å²) in [4.78, 5) is 25.1. The number of thiophene rings is 1. The molecule has 0 saturated carbocycles. The van der Waals surface area contributed by atoms with E-state index in [4.69, 9.17) is 18.9 Å². The Balaban J connectivity index is 1.63. The molecule has 47 heavy (non-hydrogen) atoms. The van der Waals surface area contributed by atoms with E-state index >= 15 is 0 Å². The minimum atomic E-state index is -4.94. The Hall–Kier alpha value is -4.94.